The quantitative estimate of drug-likeness (QED) is 0.915. The van der Waals surface area contributed by atoms with Gasteiger partial charge in [0.25, 0.3) is 5.91 Å². The van der Waals surface area contributed by atoms with Crippen molar-refractivity contribution in [1.29, 1.82) is 0 Å². The lowest BCUT2D eigenvalue weighted by molar-refractivity contribution is 0.0623. The first-order chi connectivity index (χ1) is 10.1. The lowest BCUT2D eigenvalue weighted by Gasteiger charge is -2.35. The van der Waals surface area contributed by atoms with Gasteiger partial charge in [-0.2, -0.15) is 5.21 Å². The lowest BCUT2D eigenvalue weighted by Crippen LogP contribution is -2.42. The second kappa shape index (κ2) is 5.63. The molecule has 2 atom stereocenters. The summed E-state index contributed by atoms with van der Waals surface area (Å²) in [5.41, 5.74) is 1.56. The van der Waals surface area contributed by atoms with Crippen LogP contribution < -0.4 is 0 Å². The van der Waals surface area contributed by atoms with Crippen LogP contribution in [0.25, 0.3) is 11.4 Å². The van der Waals surface area contributed by atoms with Crippen molar-refractivity contribution >= 4 is 5.91 Å². The topological polar surface area (TPSA) is 74.8 Å². The number of carbonyl (C=O) groups is 1. The van der Waals surface area contributed by atoms with Crippen molar-refractivity contribution < 1.29 is 4.79 Å². The van der Waals surface area contributed by atoms with Crippen LogP contribution in [-0.4, -0.2) is 44.5 Å². The molecule has 6 heteroatoms. The van der Waals surface area contributed by atoms with Gasteiger partial charge in [-0.05, 0) is 35.6 Å². The van der Waals surface area contributed by atoms with Crippen LogP contribution in [0.15, 0.2) is 24.3 Å². The third kappa shape index (κ3) is 2.94. The smallest absolute Gasteiger partial charge is 0.253 e. The number of amides is 1. The zero-order chi connectivity index (χ0) is 14.8. The molecule has 1 aromatic carbocycles. The summed E-state index contributed by atoms with van der Waals surface area (Å²) in [7, 11) is 0. The minimum Gasteiger partial charge on any atom is -0.338 e. The molecule has 1 N–H and O–H groups in total. The Balaban J connectivity index is 1.76. The molecular weight excluding hydrogens is 266 g/mol. The molecule has 110 valence electrons. The molecule has 0 spiro atoms. The first kappa shape index (κ1) is 13.7. The van der Waals surface area contributed by atoms with Crippen molar-refractivity contribution in [3.05, 3.63) is 29.8 Å². The maximum Gasteiger partial charge on any atom is 0.253 e. The van der Waals surface area contributed by atoms with Gasteiger partial charge in [-0.25, -0.2) is 0 Å². The van der Waals surface area contributed by atoms with Gasteiger partial charge in [-0.1, -0.05) is 26.0 Å². The van der Waals surface area contributed by atoms with E-state index in [4.69, 9.17) is 0 Å². The molecule has 1 aromatic heterocycles. The average molecular weight is 285 g/mol. The Labute approximate surface area is 123 Å². The third-order valence-electron chi connectivity index (χ3n) is 3.89. The summed E-state index contributed by atoms with van der Waals surface area (Å²) in [6, 6.07) is 7.37. The Morgan fingerprint density at radius 1 is 1.19 bits per heavy atom. The van der Waals surface area contributed by atoms with E-state index in [-0.39, 0.29) is 5.91 Å². The number of hydrogen-bond donors (Lipinski definition) is 1. The molecule has 2 aromatic rings. The van der Waals surface area contributed by atoms with Crippen molar-refractivity contribution in [3.8, 4) is 11.4 Å². The first-order valence-electron chi connectivity index (χ1n) is 7.26. The molecule has 0 bridgehead atoms. The third-order valence-corrected chi connectivity index (χ3v) is 3.89. The Morgan fingerprint density at radius 3 is 2.43 bits per heavy atom. The van der Waals surface area contributed by atoms with Crippen molar-refractivity contribution in [2.75, 3.05) is 13.1 Å². The molecule has 1 aliphatic rings. The molecule has 1 saturated heterocycles. The van der Waals surface area contributed by atoms with Crippen LogP contribution >= 0.6 is 0 Å². The summed E-state index contributed by atoms with van der Waals surface area (Å²) < 4.78 is 0. The number of H-pyrrole nitrogens is 1. The SMILES string of the molecule is CC1CC(C)CN(C(=O)c2ccc(-c3nn[nH]n3)cc2)C1. The Morgan fingerprint density at radius 2 is 1.86 bits per heavy atom. The predicted octanol–water partition coefficient (Wildman–Crippen LogP) is 1.98. The van der Waals surface area contributed by atoms with E-state index in [0.29, 0.717) is 23.2 Å². The molecule has 2 unspecified atom stereocenters. The number of tetrazole rings is 1. The lowest BCUT2D eigenvalue weighted by atomic mass is 9.91. The standard InChI is InChI=1S/C15H19N5O/c1-10-7-11(2)9-20(8-10)15(21)13-5-3-12(4-6-13)14-16-18-19-17-14/h3-6,10-11H,7-9H2,1-2H3,(H,16,17,18,19). The van der Waals surface area contributed by atoms with Gasteiger partial charge in [-0.3, -0.25) is 4.79 Å². The number of piperidine rings is 1. The largest absolute Gasteiger partial charge is 0.338 e. The van der Waals surface area contributed by atoms with Crippen LogP contribution in [0, 0.1) is 11.8 Å². The first-order valence-corrected chi connectivity index (χ1v) is 7.26. The fourth-order valence-electron chi connectivity index (χ4n) is 3.06. The molecule has 6 nitrogen and oxygen atoms in total. The van der Waals surface area contributed by atoms with E-state index in [2.05, 4.69) is 34.5 Å². The number of rotatable bonds is 2. The van der Waals surface area contributed by atoms with Crippen molar-refractivity contribution in [2.45, 2.75) is 20.3 Å². The Kier molecular flexibility index (Phi) is 3.68. The zero-order valence-corrected chi connectivity index (χ0v) is 12.3. The Bertz CT molecular complexity index is 598. The van der Waals surface area contributed by atoms with Crippen LogP contribution in [0.3, 0.4) is 0 Å². The fourth-order valence-corrected chi connectivity index (χ4v) is 3.06. The maximum absolute atomic E-state index is 12.6. The summed E-state index contributed by atoms with van der Waals surface area (Å²) in [6.45, 7) is 6.09. The highest BCUT2D eigenvalue weighted by Crippen LogP contribution is 2.23. The second-order valence-electron chi connectivity index (χ2n) is 5.97. The van der Waals surface area contributed by atoms with Crippen molar-refractivity contribution in [2.24, 2.45) is 11.8 Å². The highest BCUT2D eigenvalue weighted by atomic mass is 16.2. The van der Waals surface area contributed by atoms with E-state index >= 15 is 0 Å². The maximum atomic E-state index is 12.6. The van der Waals surface area contributed by atoms with Gasteiger partial charge >= 0.3 is 0 Å². The molecule has 0 radical (unpaired) electrons. The van der Waals surface area contributed by atoms with E-state index in [1.54, 1.807) is 0 Å². The van der Waals surface area contributed by atoms with Crippen LogP contribution in [0.1, 0.15) is 30.6 Å². The molecule has 3 rings (SSSR count). The number of nitrogens with one attached hydrogen (secondary N) is 1. The van der Waals surface area contributed by atoms with Crippen molar-refractivity contribution in [3.63, 3.8) is 0 Å². The highest BCUT2D eigenvalue weighted by molar-refractivity contribution is 5.94. The second-order valence-corrected chi connectivity index (χ2v) is 5.97. The van der Waals surface area contributed by atoms with Crippen LogP contribution in [0.5, 0.6) is 0 Å². The van der Waals surface area contributed by atoms with E-state index in [1.807, 2.05) is 29.2 Å². The highest BCUT2D eigenvalue weighted by Gasteiger charge is 2.26. The van der Waals surface area contributed by atoms with Crippen LogP contribution in [-0.2, 0) is 0 Å². The molecule has 1 fully saturated rings. The Hall–Kier alpha value is -2.24. The van der Waals surface area contributed by atoms with Gasteiger partial charge in [0, 0.05) is 24.2 Å². The van der Waals surface area contributed by atoms with Gasteiger partial charge in [0.05, 0.1) is 0 Å². The number of hydrogen-bond acceptors (Lipinski definition) is 4. The summed E-state index contributed by atoms with van der Waals surface area (Å²) in [4.78, 5) is 14.5. The molecule has 21 heavy (non-hydrogen) atoms. The van der Waals surface area contributed by atoms with Gasteiger partial charge < -0.3 is 4.90 Å². The van der Waals surface area contributed by atoms with Gasteiger partial charge in [-0.15, -0.1) is 10.2 Å². The van der Waals surface area contributed by atoms with Crippen LogP contribution in [0.4, 0.5) is 0 Å². The normalized spacial score (nSPS) is 22.3. The molecule has 0 saturated carbocycles. The van der Waals surface area contributed by atoms with Gasteiger partial charge in [0.15, 0.2) is 0 Å². The van der Waals surface area contributed by atoms with Crippen LogP contribution in [0.2, 0.25) is 0 Å². The van der Waals surface area contributed by atoms with E-state index < -0.39 is 0 Å². The molecule has 1 aliphatic heterocycles. The summed E-state index contributed by atoms with van der Waals surface area (Å²) in [5.74, 6) is 1.77. The van der Waals surface area contributed by atoms with Crippen molar-refractivity contribution in [1.82, 2.24) is 25.5 Å². The van der Waals surface area contributed by atoms with E-state index in [9.17, 15) is 4.79 Å². The number of benzene rings is 1. The van der Waals surface area contributed by atoms with Gasteiger partial charge in [0.1, 0.15) is 0 Å². The number of nitrogens with zero attached hydrogens (tertiary/aromatic N) is 4. The molecular formula is C15H19N5O. The molecule has 1 amide bonds. The minimum atomic E-state index is 0.105. The average Bonchev–Trinajstić information content (AvgIpc) is 3.00. The fraction of sp³-hybridized carbons (Fsp3) is 0.467. The number of aromatic amines is 1. The monoisotopic (exact) mass is 285 g/mol. The minimum absolute atomic E-state index is 0.105. The predicted molar refractivity (Wildman–Crippen MR) is 78.5 cm³/mol. The summed E-state index contributed by atoms with van der Waals surface area (Å²) in [6.07, 6.45) is 1.19. The number of carbonyl (C=O) groups excluding carboxylic acids is 1. The summed E-state index contributed by atoms with van der Waals surface area (Å²) in [5, 5.41) is 13.8. The molecule has 2 heterocycles. The molecule has 0 aliphatic carbocycles. The van der Waals surface area contributed by atoms with E-state index in [1.165, 1.54) is 6.42 Å². The van der Waals surface area contributed by atoms with E-state index in [0.717, 1.165) is 18.7 Å². The van der Waals surface area contributed by atoms with Gasteiger partial charge in [0.2, 0.25) is 5.82 Å². The zero-order valence-electron chi connectivity index (χ0n) is 12.3. The summed E-state index contributed by atoms with van der Waals surface area (Å²) >= 11 is 0. The number of likely N-dealkylation sites (tertiary alicyclic amines) is 1. The number of aromatic nitrogens is 4.